The lowest BCUT2D eigenvalue weighted by Crippen LogP contribution is -2.43. The van der Waals surface area contributed by atoms with E-state index in [4.69, 9.17) is 21.1 Å². The van der Waals surface area contributed by atoms with Gasteiger partial charge in [0.2, 0.25) is 0 Å². The maximum absolute atomic E-state index is 12.7. The summed E-state index contributed by atoms with van der Waals surface area (Å²) in [6.07, 6.45) is 0.191. The molecule has 0 unspecified atom stereocenters. The topological polar surface area (TPSA) is 96.4 Å². The zero-order valence-electron chi connectivity index (χ0n) is 20.0. The molecule has 8 nitrogen and oxygen atoms in total. The maximum atomic E-state index is 12.7. The molecule has 0 aliphatic rings. The minimum absolute atomic E-state index is 0.0483. The third-order valence-electron chi connectivity index (χ3n) is 4.22. The van der Waals surface area contributed by atoms with Crippen molar-refractivity contribution in [2.24, 2.45) is 0 Å². The van der Waals surface area contributed by atoms with Crippen LogP contribution in [0.2, 0.25) is 5.02 Å². The highest BCUT2D eigenvalue weighted by atomic mass is 35.5. The molecular weight excluding hydrogens is 436 g/mol. The van der Waals surface area contributed by atoms with Crippen molar-refractivity contribution in [1.29, 1.82) is 0 Å². The highest BCUT2D eigenvalue weighted by Gasteiger charge is 2.24. The van der Waals surface area contributed by atoms with Gasteiger partial charge >= 0.3 is 18.2 Å². The van der Waals surface area contributed by atoms with Crippen molar-refractivity contribution in [2.45, 2.75) is 65.6 Å². The number of halogens is 1. The minimum Gasteiger partial charge on any atom is -0.478 e. The van der Waals surface area contributed by atoms with Crippen LogP contribution in [0, 0.1) is 0 Å². The molecule has 0 saturated carbocycles. The first kappa shape index (κ1) is 27.6. The van der Waals surface area contributed by atoms with Crippen LogP contribution in [0.15, 0.2) is 18.2 Å². The van der Waals surface area contributed by atoms with Crippen molar-refractivity contribution in [1.82, 2.24) is 9.80 Å². The Morgan fingerprint density at radius 1 is 0.938 bits per heavy atom. The van der Waals surface area contributed by atoms with E-state index in [2.05, 4.69) is 0 Å². The molecule has 180 valence electrons. The molecule has 1 rings (SSSR count). The molecule has 0 spiro atoms. The molecule has 0 radical (unpaired) electrons. The lowest BCUT2D eigenvalue weighted by atomic mass is 10.1. The Labute approximate surface area is 195 Å². The van der Waals surface area contributed by atoms with Crippen molar-refractivity contribution < 1.29 is 29.0 Å². The lowest BCUT2D eigenvalue weighted by molar-refractivity contribution is 0.0163. The number of aryl methyl sites for hydroxylation is 1. The number of rotatable bonds is 8. The number of carbonyl (C=O) groups excluding carboxylic acids is 2. The lowest BCUT2D eigenvalue weighted by Gasteiger charge is -2.30. The van der Waals surface area contributed by atoms with E-state index in [-0.39, 0.29) is 23.7 Å². The van der Waals surface area contributed by atoms with Gasteiger partial charge in [-0.1, -0.05) is 17.7 Å². The summed E-state index contributed by atoms with van der Waals surface area (Å²) in [6.45, 7) is 11.7. The Kier molecular flexibility index (Phi) is 9.82. The van der Waals surface area contributed by atoms with E-state index in [1.54, 1.807) is 71.7 Å². The van der Waals surface area contributed by atoms with Gasteiger partial charge in [-0.3, -0.25) is 0 Å². The number of hydrogen-bond acceptors (Lipinski definition) is 5. The number of likely N-dealkylation sites (N-methyl/N-ethyl adjacent to an activating group) is 1. The number of benzene rings is 1. The van der Waals surface area contributed by atoms with E-state index >= 15 is 0 Å². The van der Waals surface area contributed by atoms with E-state index in [9.17, 15) is 19.5 Å². The van der Waals surface area contributed by atoms with Gasteiger partial charge in [0.25, 0.3) is 0 Å². The average Bonchev–Trinajstić information content (AvgIpc) is 2.62. The van der Waals surface area contributed by atoms with E-state index in [0.717, 1.165) is 5.56 Å². The van der Waals surface area contributed by atoms with Gasteiger partial charge in [-0.15, -0.1) is 0 Å². The molecule has 0 atom stereocenters. The summed E-state index contributed by atoms with van der Waals surface area (Å²) in [6, 6.07) is 4.86. The average molecular weight is 471 g/mol. The Bertz CT molecular complexity index is 814. The Balaban J connectivity index is 2.78. The fourth-order valence-electron chi connectivity index (χ4n) is 2.69. The van der Waals surface area contributed by atoms with Gasteiger partial charge in [0.15, 0.2) is 0 Å². The number of nitrogens with zero attached hydrogens (tertiary/aromatic N) is 2. The fourth-order valence-corrected chi connectivity index (χ4v) is 2.89. The van der Waals surface area contributed by atoms with Gasteiger partial charge in [0.05, 0.1) is 10.6 Å². The van der Waals surface area contributed by atoms with E-state index in [1.807, 2.05) is 0 Å². The molecule has 1 N–H and O–H groups in total. The molecular formula is C23H35ClN2O6. The smallest absolute Gasteiger partial charge is 0.410 e. The van der Waals surface area contributed by atoms with Crippen molar-refractivity contribution >= 4 is 29.8 Å². The second-order valence-electron chi connectivity index (χ2n) is 9.59. The first-order valence-corrected chi connectivity index (χ1v) is 10.9. The number of hydrogen-bond donors (Lipinski definition) is 1. The summed E-state index contributed by atoms with van der Waals surface area (Å²) in [4.78, 5) is 39.1. The third kappa shape index (κ3) is 10.2. The second-order valence-corrected chi connectivity index (χ2v) is 10.00. The zero-order valence-corrected chi connectivity index (χ0v) is 20.8. The van der Waals surface area contributed by atoms with E-state index in [0.29, 0.717) is 19.4 Å². The monoisotopic (exact) mass is 470 g/mol. The first-order chi connectivity index (χ1) is 14.6. The summed E-state index contributed by atoms with van der Waals surface area (Å²) >= 11 is 5.92. The van der Waals surface area contributed by atoms with Crippen LogP contribution < -0.4 is 0 Å². The molecule has 0 heterocycles. The molecule has 0 aliphatic carbocycles. The van der Waals surface area contributed by atoms with E-state index < -0.39 is 29.4 Å². The van der Waals surface area contributed by atoms with Crippen molar-refractivity contribution in [3.8, 4) is 0 Å². The number of ether oxygens (including phenoxy) is 2. The van der Waals surface area contributed by atoms with Crippen LogP contribution in [0.1, 0.15) is 63.9 Å². The summed E-state index contributed by atoms with van der Waals surface area (Å²) in [5, 5.41) is 9.41. The number of carbonyl (C=O) groups is 3. The minimum atomic E-state index is -1.09. The molecule has 0 saturated heterocycles. The Hall–Kier alpha value is -2.48. The van der Waals surface area contributed by atoms with Gasteiger partial charge in [-0.2, -0.15) is 0 Å². The highest BCUT2D eigenvalue weighted by molar-refractivity contribution is 6.33. The normalized spacial score (nSPS) is 11.6. The Morgan fingerprint density at radius 2 is 1.50 bits per heavy atom. The number of carboxylic acids is 1. The molecule has 1 aromatic rings. The standard InChI is InChI=1S/C23H35ClN2O6/c1-22(2,3)31-20(29)25(7)13-14-26(21(30)32-23(4,5)6)12-8-9-16-10-11-18(24)17(15-16)19(27)28/h10-11,15H,8-9,12-14H2,1-7H3,(H,27,28). The van der Waals surface area contributed by atoms with Crippen LogP contribution in [0.25, 0.3) is 0 Å². The molecule has 2 amide bonds. The zero-order chi connectivity index (χ0) is 24.7. The largest absolute Gasteiger partial charge is 0.478 e. The summed E-state index contributed by atoms with van der Waals surface area (Å²) in [5.74, 6) is -1.09. The van der Waals surface area contributed by atoms with Gasteiger partial charge in [-0.05, 0) is 72.1 Å². The second kappa shape index (κ2) is 11.4. The molecule has 0 aliphatic heterocycles. The molecule has 0 bridgehead atoms. The summed E-state index contributed by atoms with van der Waals surface area (Å²) in [7, 11) is 1.61. The fraction of sp³-hybridized carbons (Fsp3) is 0.609. The molecule has 1 aromatic carbocycles. The van der Waals surface area contributed by atoms with Crippen LogP contribution in [0.5, 0.6) is 0 Å². The first-order valence-electron chi connectivity index (χ1n) is 10.5. The number of aromatic carboxylic acids is 1. The number of amides is 2. The summed E-state index contributed by atoms with van der Waals surface area (Å²) < 4.78 is 10.8. The van der Waals surface area contributed by atoms with Crippen molar-refractivity contribution in [3.63, 3.8) is 0 Å². The van der Waals surface area contributed by atoms with Crippen LogP contribution in [0.4, 0.5) is 9.59 Å². The van der Waals surface area contributed by atoms with Crippen molar-refractivity contribution in [2.75, 3.05) is 26.7 Å². The highest BCUT2D eigenvalue weighted by Crippen LogP contribution is 2.19. The predicted octanol–water partition coefficient (Wildman–Crippen LogP) is 5.07. The van der Waals surface area contributed by atoms with Gasteiger partial charge < -0.3 is 24.4 Å². The maximum Gasteiger partial charge on any atom is 0.410 e. The van der Waals surface area contributed by atoms with Crippen molar-refractivity contribution in [3.05, 3.63) is 34.3 Å². The molecule has 0 fully saturated rings. The quantitative estimate of drug-likeness (QED) is 0.569. The van der Waals surface area contributed by atoms with Crippen LogP contribution in [0.3, 0.4) is 0 Å². The molecule has 32 heavy (non-hydrogen) atoms. The van der Waals surface area contributed by atoms with E-state index in [1.165, 1.54) is 4.90 Å². The van der Waals surface area contributed by atoms with Gasteiger partial charge in [-0.25, -0.2) is 14.4 Å². The summed E-state index contributed by atoms with van der Waals surface area (Å²) in [5.41, 5.74) is -0.406. The molecule has 9 heteroatoms. The van der Waals surface area contributed by atoms with Gasteiger partial charge in [0.1, 0.15) is 11.2 Å². The van der Waals surface area contributed by atoms with Crippen LogP contribution in [-0.4, -0.2) is 70.9 Å². The SMILES string of the molecule is CN(CCN(CCCc1ccc(Cl)c(C(=O)O)c1)C(=O)OC(C)(C)C)C(=O)OC(C)(C)C. The molecule has 0 aromatic heterocycles. The predicted molar refractivity (Wildman–Crippen MR) is 123 cm³/mol. The van der Waals surface area contributed by atoms with Gasteiger partial charge in [0, 0.05) is 26.7 Å². The van der Waals surface area contributed by atoms with Crippen LogP contribution in [-0.2, 0) is 15.9 Å². The third-order valence-corrected chi connectivity index (χ3v) is 4.55. The Morgan fingerprint density at radius 3 is 2.03 bits per heavy atom. The van der Waals surface area contributed by atoms with Crippen LogP contribution >= 0.6 is 11.6 Å². The number of carboxylic acid groups (broad SMARTS) is 1.